The topological polar surface area (TPSA) is 76.4 Å². The van der Waals surface area contributed by atoms with Crippen molar-refractivity contribution in [3.63, 3.8) is 0 Å². The van der Waals surface area contributed by atoms with E-state index in [2.05, 4.69) is 6.07 Å². The molecule has 0 saturated heterocycles. The molecule has 0 aliphatic heterocycles. The first kappa shape index (κ1) is 23.1. The maximum atomic E-state index is 12.7. The van der Waals surface area contributed by atoms with E-state index in [4.69, 9.17) is 20.5 Å². The highest BCUT2D eigenvalue weighted by Gasteiger charge is 2.22. The van der Waals surface area contributed by atoms with Crippen LogP contribution in [-0.4, -0.2) is 15.5 Å². The Morgan fingerprint density at radius 3 is 2.32 bits per heavy atom. The van der Waals surface area contributed by atoms with Crippen molar-refractivity contribution < 1.29 is 17.3 Å². The second kappa shape index (κ2) is 9.73. The molecule has 0 aliphatic rings. The maximum absolute atomic E-state index is 12.7. The summed E-state index contributed by atoms with van der Waals surface area (Å²) in [6.07, 6.45) is 1.69. The lowest BCUT2D eigenvalue weighted by molar-refractivity contribution is 0.389. The molecule has 3 aromatic carbocycles. The second-order valence-electron chi connectivity index (χ2n) is 6.56. The average Bonchev–Trinajstić information content (AvgIpc) is 2.74. The molecule has 0 saturated carbocycles. The van der Waals surface area contributed by atoms with Gasteiger partial charge in [-0.25, -0.2) is 0 Å². The van der Waals surface area contributed by atoms with E-state index in [1.807, 2.05) is 29.5 Å². The molecule has 0 amide bonds. The van der Waals surface area contributed by atoms with Crippen LogP contribution in [0.25, 0.3) is 11.6 Å². The predicted octanol–water partition coefficient (Wildman–Crippen LogP) is 6.09. The van der Waals surface area contributed by atoms with Gasteiger partial charge in [0.1, 0.15) is 4.90 Å². The summed E-state index contributed by atoms with van der Waals surface area (Å²) in [5.41, 5.74) is 2.74. The summed E-state index contributed by atoms with van der Waals surface area (Å²) in [5, 5.41) is 10.1. The number of halogens is 2. The molecule has 158 valence electrons. The summed E-state index contributed by atoms with van der Waals surface area (Å²) in [4.78, 5) is 0.0504. The number of aryl methyl sites for hydroxylation is 1. The molecule has 3 rings (SSSR count). The third-order valence-electron chi connectivity index (χ3n) is 4.34. The van der Waals surface area contributed by atoms with Crippen molar-refractivity contribution in [3.8, 4) is 17.6 Å². The molecule has 31 heavy (non-hydrogen) atoms. The van der Waals surface area contributed by atoms with Crippen LogP contribution in [0, 0.1) is 21.8 Å². The third kappa shape index (κ3) is 5.58. The van der Waals surface area contributed by atoms with Gasteiger partial charge in [-0.1, -0.05) is 41.4 Å². The number of nitrogens with zero attached hydrogens (tertiary/aromatic N) is 1. The fraction of sp³-hybridized carbons (Fsp3) is 0.0870. The Morgan fingerprint density at radius 1 is 1.10 bits per heavy atom. The van der Waals surface area contributed by atoms with Crippen LogP contribution in [0.15, 0.2) is 65.6 Å². The normalized spacial score (nSPS) is 11.6. The second-order valence-corrected chi connectivity index (χ2v) is 9.71. The standard InChI is InChI=1S/C23H17ClINO4S/c1-15-3-9-20(10-4-15)31(27,28)30-23-21(25)12-16(13-22(23)29-2)11-18(14-26)17-5-7-19(24)8-6-17/h3-13H,1-2H3/b18-11+. The largest absolute Gasteiger partial charge is 0.493 e. The van der Waals surface area contributed by atoms with Crippen molar-refractivity contribution in [1.29, 1.82) is 5.26 Å². The molecule has 0 atom stereocenters. The lowest BCUT2D eigenvalue weighted by atomic mass is 10.0. The van der Waals surface area contributed by atoms with Crippen LogP contribution in [0.1, 0.15) is 16.7 Å². The fourth-order valence-electron chi connectivity index (χ4n) is 2.74. The van der Waals surface area contributed by atoms with E-state index >= 15 is 0 Å². The summed E-state index contributed by atoms with van der Waals surface area (Å²) in [5.74, 6) is 0.327. The molecule has 5 nitrogen and oxygen atoms in total. The smallest absolute Gasteiger partial charge is 0.339 e. The lowest BCUT2D eigenvalue weighted by Gasteiger charge is -2.14. The quantitative estimate of drug-likeness (QED) is 0.156. The van der Waals surface area contributed by atoms with Crippen molar-refractivity contribution >= 4 is 56.0 Å². The van der Waals surface area contributed by atoms with Gasteiger partial charge in [0, 0.05) is 5.02 Å². The molecule has 3 aromatic rings. The fourth-order valence-corrected chi connectivity index (χ4v) is 4.71. The minimum absolute atomic E-state index is 0.0504. The SMILES string of the molecule is COc1cc(/C=C(\C#N)c2ccc(Cl)cc2)cc(I)c1OS(=O)(=O)c1ccc(C)cc1. The summed E-state index contributed by atoms with van der Waals surface area (Å²) < 4.78 is 36.7. The highest BCUT2D eigenvalue weighted by molar-refractivity contribution is 14.1. The Balaban J connectivity index is 1.99. The van der Waals surface area contributed by atoms with E-state index in [1.165, 1.54) is 19.2 Å². The predicted molar refractivity (Wildman–Crippen MR) is 130 cm³/mol. The van der Waals surface area contributed by atoms with Crippen LogP contribution in [0.3, 0.4) is 0 Å². The molecule has 0 aliphatic carbocycles. The van der Waals surface area contributed by atoms with Gasteiger partial charge < -0.3 is 8.92 Å². The van der Waals surface area contributed by atoms with Crippen molar-refractivity contribution in [1.82, 2.24) is 0 Å². The number of rotatable bonds is 6. The van der Waals surface area contributed by atoms with Gasteiger partial charge in [0.2, 0.25) is 0 Å². The molecule has 8 heteroatoms. The van der Waals surface area contributed by atoms with Gasteiger partial charge in [-0.05, 0) is 83.1 Å². The molecule has 0 fully saturated rings. The van der Waals surface area contributed by atoms with Crippen LogP contribution in [0.5, 0.6) is 11.5 Å². The highest BCUT2D eigenvalue weighted by Crippen LogP contribution is 2.37. The van der Waals surface area contributed by atoms with Gasteiger partial charge in [0.25, 0.3) is 0 Å². The molecular weight excluding hydrogens is 549 g/mol. The molecule has 0 unspecified atom stereocenters. The maximum Gasteiger partial charge on any atom is 0.339 e. The minimum atomic E-state index is -4.04. The van der Waals surface area contributed by atoms with Gasteiger partial charge in [0.15, 0.2) is 11.5 Å². The minimum Gasteiger partial charge on any atom is -0.493 e. The molecule has 0 spiro atoms. The van der Waals surface area contributed by atoms with E-state index in [9.17, 15) is 13.7 Å². The van der Waals surface area contributed by atoms with Crippen LogP contribution >= 0.6 is 34.2 Å². The number of methoxy groups -OCH3 is 1. The molecule has 0 aromatic heterocycles. The van der Waals surface area contributed by atoms with E-state index in [1.54, 1.807) is 54.6 Å². The van der Waals surface area contributed by atoms with Gasteiger partial charge in [-0.15, -0.1) is 0 Å². The molecule has 0 N–H and O–H groups in total. The van der Waals surface area contributed by atoms with Crippen molar-refractivity contribution in [2.24, 2.45) is 0 Å². The van der Waals surface area contributed by atoms with Gasteiger partial charge in [-0.3, -0.25) is 0 Å². The third-order valence-corrected chi connectivity index (χ3v) is 6.63. The number of hydrogen-bond donors (Lipinski definition) is 0. The Bertz CT molecular complexity index is 1280. The van der Waals surface area contributed by atoms with E-state index in [0.717, 1.165) is 5.56 Å². The van der Waals surface area contributed by atoms with Crippen LogP contribution in [0.2, 0.25) is 5.02 Å². The molecule has 0 heterocycles. The average molecular weight is 566 g/mol. The first-order chi connectivity index (χ1) is 14.7. The van der Waals surface area contributed by atoms with Crippen molar-refractivity contribution in [3.05, 3.63) is 85.9 Å². The molecule has 0 bridgehead atoms. The lowest BCUT2D eigenvalue weighted by Crippen LogP contribution is -2.11. The van der Waals surface area contributed by atoms with Crippen LogP contribution < -0.4 is 8.92 Å². The van der Waals surface area contributed by atoms with E-state index in [-0.39, 0.29) is 16.4 Å². The van der Waals surface area contributed by atoms with E-state index in [0.29, 0.717) is 25.3 Å². The number of nitriles is 1. The van der Waals surface area contributed by atoms with E-state index < -0.39 is 10.1 Å². The van der Waals surface area contributed by atoms with Gasteiger partial charge in [0.05, 0.1) is 22.3 Å². The van der Waals surface area contributed by atoms with Crippen LogP contribution in [0.4, 0.5) is 0 Å². The number of ether oxygens (including phenoxy) is 1. The molecule has 0 radical (unpaired) electrons. The monoisotopic (exact) mass is 565 g/mol. The Morgan fingerprint density at radius 2 is 1.74 bits per heavy atom. The summed E-state index contributed by atoms with van der Waals surface area (Å²) >= 11 is 7.90. The van der Waals surface area contributed by atoms with Gasteiger partial charge >= 0.3 is 10.1 Å². The summed E-state index contributed by atoms with van der Waals surface area (Å²) in [6, 6.07) is 18.8. The van der Waals surface area contributed by atoms with Crippen LogP contribution in [-0.2, 0) is 10.1 Å². The van der Waals surface area contributed by atoms with Gasteiger partial charge in [-0.2, -0.15) is 13.7 Å². The molecular formula is C23H17ClINO4S. The number of allylic oxidation sites excluding steroid dienone is 1. The first-order valence-corrected chi connectivity index (χ1v) is 11.9. The first-order valence-electron chi connectivity index (χ1n) is 9.00. The highest BCUT2D eigenvalue weighted by atomic mass is 127. The number of benzene rings is 3. The Labute approximate surface area is 200 Å². The summed E-state index contributed by atoms with van der Waals surface area (Å²) in [7, 11) is -2.61. The zero-order valence-corrected chi connectivity index (χ0v) is 20.3. The Kier molecular flexibility index (Phi) is 7.26. The number of hydrogen-bond acceptors (Lipinski definition) is 5. The zero-order valence-electron chi connectivity index (χ0n) is 16.6. The van der Waals surface area contributed by atoms with Crippen molar-refractivity contribution in [2.75, 3.05) is 7.11 Å². The summed E-state index contributed by atoms with van der Waals surface area (Å²) in [6.45, 7) is 1.87. The zero-order chi connectivity index (χ0) is 22.6. The van der Waals surface area contributed by atoms with Crippen molar-refractivity contribution in [2.45, 2.75) is 11.8 Å². The Hall–Kier alpha value is -2.54.